The molecule has 3 aliphatic carbocycles. The number of carbonyl (C=O) groups excluding carboxylic acids is 2. The van der Waals surface area contributed by atoms with Crippen LogP contribution in [0.3, 0.4) is 0 Å². The molecule has 2 aromatic rings. The first kappa shape index (κ1) is 37.6. The monoisotopic (exact) mass is 762 g/mol. The van der Waals surface area contributed by atoms with Crippen LogP contribution in [0.5, 0.6) is 5.75 Å². The second-order valence-electron chi connectivity index (χ2n) is 15.0. The molecule has 16 atom stereocenters. The lowest BCUT2D eigenvalue weighted by atomic mass is 9.41. The summed E-state index contributed by atoms with van der Waals surface area (Å²) in [6.45, 7) is -0.0286. The predicted molar refractivity (Wildman–Crippen MR) is 173 cm³/mol. The van der Waals surface area contributed by atoms with E-state index in [1.54, 1.807) is 25.1 Å². The van der Waals surface area contributed by atoms with Gasteiger partial charge in [-0.15, -0.1) is 0 Å². The van der Waals surface area contributed by atoms with Crippen LogP contribution in [0.25, 0.3) is 0 Å². The van der Waals surface area contributed by atoms with Gasteiger partial charge in [-0.25, -0.2) is 9.59 Å². The van der Waals surface area contributed by atoms with E-state index in [4.69, 9.17) is 37.9 Å². The van der Waals surface area contributed by atoms with E-state index in [0.717, 1.165) is 0 Å². The fraction of sp³-hybridized carbons (Fsp3) is 0.611. The molecule has 10 rings (SSSR count). The van der Waals surface area contributed by atoms with E-state index in [0.29, 0.717) is 0 Å². The van der Waals surface area contributed by atoms with Crippen LogP contribution < -0.4 is 0 Å². The van der Waals surface area contributed by atoms with E-state index >= 15 is 0 Å². The van der Waals surface area contributed by atoms with Gasteiger partial charge >= 0.3 is 11.9 Å². The molecule has 5 saturated heterocycles. The summed E-state index contributed by atoms with van der Waals surface area (Å²) >= 11 is 0. The summed E-state index contributed by atoms with van der Waals surface area (Å²) in [5, 5.41) is 85.3. The quantitative estimate of drug-likeness (QED) is 0.115. The molecule has 18 nitrogen and oxygen atoms in total. The third kappa shape index (κ3) is 5.51. The van der Waals surface area contributed by atoms with E-state index in [1.165, 1.54) is 36.4 Å². The molecule has 0 aromatic heterocycles. The molecular weight excluding hydrogens is 720 g/mol. The molecule has 294 valence electrons. The van der Waals surface area contributed by atoms with Gasteiger partial charge in [0.2, 0.25) is 0 Å². The number of benzene rings is 2. The van der Waals surface area contributed by atoms with Crippen LogP contribution in [0.15, 0.2) is 54.6 Å². The first-order valence-electron chi connectivity index (χ1n) is 17.6. The number of hydrogen-bond acceptors (Lipinski definition) is 18. The summed E-state index contributed by atoms with van der Waals surface area (Å²) < 4.78 is 47.7. The van der Waals surface area contributed by atoms with Gasteiger partial charge in [0.15, 0.2) is 24.7 Å². The number of phenolic OH excluding ortho intramolecular Hbond substituents is 1. The molecule has 5 aliphatic heterocycles. The number of aliphatic hydroxyl groups excluding tert-OH is 6. The summed E-state index contributed by atoms with van der Waals surface area (Å²) in [5.74, 6) is -3.84. The lowest BCUT2D eigenvalue weighted by Crippen LogP contribution is -2.81. The highest BCUT2D eigenvalue weighted by molar-refractivity contribution is 5.90. The van der Waals surface area contributed by atoms with Gasteiger partial charge in [0.05, 0.1) is 23.1 Å². The first-order chi connectivity index (χ1) is 25.7. The van der Waals surface area contributed by atoms with Gasteiger partial charge < -0.3 is 78.7 Å². The van der Waals surface area contributed by atoms with Crippen molar-refractivity contribution < 1.29 is 88.3 Å². The van der Waals surface area contributed by atoms with Gasteiger partial charge in [0.1, 0.15) is 79.0 Å². The van der Waals surface area contributed by atoms with Crippen molar-refractivity contribution in [3.05, 3.63) is 65.7 Å². The van der Waals surface area contributed by atoms with E-state index in [-0.39, 0.29) is 36.3 Å². The molecule has 3 saturated carbocycles. The molecule has 1 unspecified atom stereocenters. The normalized spacial score (nSPS) is 45.9. The molecule has 0 radical (unpaired) electrons. The van der Waals surface area contributed by atoms with Crippen molar-refractivity contribution in [3.63, 3.8) is 0 Å². The summed E-state index contributed by atoms with van der Waals surface area (Å²) in [6.07, 6.45) is -18.1. The Kier molecular flexibility index (Phi) is 9.33. The fourth-order valence-corrected chi connectivity index (χ4v) is 9.19. The minimum atomic E-state index is -1.89. The van der Waals surface area contributed by atoms with Crippen LogP contribution in [-0.2, 0) is 37.9 Å². The zero-order chi connectivity index (χ0) is 38.4. The molecule has 6 bridgehead atoms. The van der Waals surface area contributed by atoms with Crippen molar-refractivity contribution in [2.75, 3.05) is 19.8 Å². The number of hydrogen-bond donors (Lipinski definition) is 8. The van der Waals surface area contributed by atoms with Crippen molar-refractivity contribution in [2.45, 2.75) is 104 Å². The molecule has 8 aliphatic rings. The largest absolute Gasteiger partial charge is 0.508 e. The maximum absolute atomic E-state index is 13.1. The van der Waals surface area contributed by atoms with Crippen LogP contribution >= 0.6 is 0 Å². The second-order valence-corrected chi connectivity index (χ2v) is 15.0. The van der Waals surface area contributed by atoms with E-state index in [9.17, 15) is 50.4 Å². The Morgan fingerprint density at radius 1 is 0.796 bits per heavy atom. The van der Waals surface area contributed by atoms with Gasteiger partial charge in [-0.05, 0) is 49.7 Å². The fourth-order valence-electron chi connectivity index (χ4n) is 9.19. The number of aromatic hydroxyl groups is 1. The Balaban J connectivity index is 1.07. The van der Waals surface area contributed by atoms with E-state index in [1.807, 2.05) is 0 Å². The standard InChI is InChI=1S/C36H42O18/c1-33-14-35(46)21-11-36(33,34(21,32(53-33)54-35)15-48-29(45)17-7-9-18(38)10-8-17)52-31-26(43)24(41)27(51-30-25(42)23(40)22(39)19(12-37)49-30)20(50-31)13-47-28(44)16-5-3-2-4-6-16/h2-10,19-27,30-32,37-43,46H,11-15H2,1H3/t19-,20+,21-,22-,23+,24+,25-,26+,27+,30+,31-,32?,33-,34-,35+,36+/m0/s1. The Hall–Kier alpha value is -3.34. The average molecular weight is 763 g/mol. The van der Waals surface area contributed by atoms with Crippen molar-refractivity contribution in [1.82, 2.24) is 0 Å². The number of rotatable bonds is 11. The zero-order valence-corrected chi connectivity index (χ0v) is 28.8. The molecular formula is C36H42O18. The third-order valence-electron chi connectivity index (χ3n) is 12.0. The number of ether oxygens (including phenoxy) is 8. The van der Waals surface area contributed by atoms with Gasteiger partial charge in [0, 0.05) is 12.3 Å². The zero-order valence-electron chi connectivity index (χ0n) is 28.8. The molecule has 0 amide bonds. The average Bonchev–Trinajstić information content (AvgIpc) is 3.35. The Bertz CT molecular complexity index is 1730. The summed E-state index contributed by atoms with van der Waals surface area (Å²) in [4.78, 5) is 26.1. The van der Waals surface area contributed by atoms with Gasteiger partial charge in [-0.2, -0.15) is 0 Å². The van der Waals surface area contributed by atoms with Crippen LogP contribution in [0.2, 0.25) is 0 Å². The first-order valence-corrected chi connectivity index (χ1v) is 17.6. The highest BCUT2D eigenvalue weighted by Crippen LogP contribution is 2.81. The lowest BCUT2D eigenvalue weighted by Gasteiger charge is -2.67. The minimum absolute atomic E-state index is 0.0513. The molecule has 8 N–H and O–H groups in total. The minimum Gasteiger partial charge on any atom is -0.508 e. The highest BCUT2D eigenvalue weighted by atomic mass is 16.8. The lowest BCUT2D eigenvalue weighted by molar-refractivity contribution is -0.428. The number of esters is 2. The molecule has 54 heavy (non-hydrogen) atoms. The van der Waals surface area contributed by atoms with Crippen molar-refractivity contribution in [3.8, 4) is 5.75 Å². The Morgan fingerprint density at radius 2 is 1.44 bits per heavy atom. The van der Waals surface area contributed by atoms with Crippen LogP contribution in [-0.4, -0.2) is 157 Å². The molecule has 2 aromatic carbocycles. The highest BCUT2D eigenvalue weighted by Gasteiger charge is 2.94. The second kappa shape index (κ2) is 13.4. The maximum atomic E-state index is 13.1. The van der Waals surface area contributed by atoms with Gasteiger partial charge in [-0.3, -0.25) is 0 Å². The van der Waals surface area contributed by atoms with Crippen molar-refractivity contribution in [1.29, 1.82) is 0 Å². The van der Waals surface area contributed by atoms with Crippen LogP contribution in [0.4, 0.5) is 0 Å². The predicted octanol–water partition coefficient (Wildman–Crippen LogP) is -1.96. The smallest absolute Gasteiger partial charge is 0.338 e. The summed E-state index contributed by atoms with van der Waals surface area (Å²) in [7, 11) is 0. The summed E-state index contributed by atoms with van der Waals surface area (Å²) in [6, 6.07) is 13.4. The molecule has 18 heteroatoms. The Labute approximate surface area is 307 Å². The molecule has 8 fully saturated rings. The SMILES string of the molecule is C[C@@]12C[C@@]3(O)OC(O1)[C@]1(COC(=O)c4ccc(O)cc4)[C@@H]3C[C@@]21O[C@@H]1O[C@H](COC(=O)c2ccccc2)[C@@H](O[C@H]2O[C@@H](CO)[C@H](O)[C@@H](O)[C@@H]2O)[C@H](O)[C@H]1O. The van der Waals surface area contributed by atoms with Crippen molar-refractivity contribution in [2.24, 2.45) is 11.3 Å². The maximum Gasteiger partial charge on any atom is 0.338 e. The number of aliphatic hydroxyl groups is 7. The third-order valence-corrected chi connectivity index (χ3v) is 12.0. The van der Waals surface area contributed by atoms with E-state index < -0.39 is 121 Å². The van der Waals surface area contributed by atoms with E-state index in [2.05, 4.69) is 0 Å². The molecule has 0 spiro atoms. The van der Waals surface area contributed by atoms with Gasteiger partial charge in [0.25, 0.3) is 0 Å². The van der Waals surface area contributed by atoms with Crippen molar-refractivity contribution >= 4 is 11.9 Å². The van der Waals surface area contributed by atoms with Crippen LogP contribution in [0.1, 0.15) is 40.5 Å². The molecule has 5 heterocycles. The Morgan fingerprint density at radius 3 is 2.15 bits per heavy atom. The number of carbonyl (C=O) groups is 2. The van der Waals surface area contributed by atoms with Crippen LogP contribution in [0, 0.1) is 11.3 Å². The topological polar surface area (TPSA) is 270 Å². The number of phenols is 1. The summed E-state index contributed by atoms with van der Waals surface area (Å²) in [5.41, 5.74) is -3.69. The van der Waals surface area contributed by atoms with Gasteiger partial charge in [-0.1, -0.05) is 18.2 Å².